The van der Waals surface area contributed by atoms with Gasteiger partial charge in [0.05, 0.1) is 5.92 Å². The lowest BCUT2D eigenvalue weighted by molar-refractivity contribution is -0.119. The van der Waals surface area contributed by atoms with Gasteiger partial charge in [0.25, 0.3) is 0 Å². The molecule has 1 amide bonds. The number of carbonyl (C=O) groups is 2. The number of rotatable bonds is 2. The van der Waals surface area contributed by atoms with Crippen LogP contribution in [-0.4, -0.2) is 12.2 Å². The third-order valence-corrected chi connectivity index (χ3v) is 2.92. The second-order valence-corrected chi connectivity index (χ2v) is 3.93. The number of fused-ring (bicyclic) bond motifs is 1. The maximum Gasteiger partial charge on any atom is 0.232 e. The van der Waals surface area contributed by atoms with Gasteiger partial charge in [0.2, 0.25) is 5.91 Å². The van der Waals surface area contributed by atoms with E-state index in [0.29, 0.717) is 0 Å². The first kappa shape index (κ1) is 9.90. The number of nitrogens with one attached hydrogen (secondary N) is 1. The molecular weight excluding hydrogens is 190 g/mol. The summed E-state index contributed by atoms with van der Waals surface area (Å²) in [5, 5.41) is 2.84. The third kappa shape index (κ3) is 1.44. The lowest BCUT2D eigenvalue weighted by Gasteiger charge is -2.09. The summed E-state index contributed by atoms with van der Waals surface area (Å²) >= 11 is 0. The smallest absolute Gasteiger partial charge is 0.232 e. The number of benzene rings is 1. The molecule has 1 N–H and O–H groups in total. The Morgan fingerprint density at radius 1 is 1.33 bits per heavy atom. The molecule has 78 valence electrons. The Hall–Kier alpha value is -1.64. The minimum Gasteiger partial charge on any atom is -0.325 e. The van der Waals surface area contributed by atoms with Crippen LogP contribution in [0.5, 0.6) is 0 Å². The summed E-state index contributed by atoms with van der Waals surface area (Å²) in [7, 11) is 0. The highest BCUT2D eigenvalue weighted by Crippen LogP contribution is 2.38. The highest BCUT2D eigenvalue weighted by molar-refractivity contribution is 6.05. The minimum atomic E-state index is -0.294. The molecule has 3 heteroatoms. The molecular formula is C12H13NO2. The molecule has 1 atom stereocenters. The molecule has 3 nitrogen and oxygen atoms in total. The molecule has 0 bridgehead atoms. The number of carbonyl (C=O) groups excluding carboxylic acids is 2. The van der Waals surface area contributed by atoms with E-state index in [0.717, 1.165) is 28.7 Å². The first-order valence-corrected chi connectivity index (χ1v) is 4.99. The number of anilines is 1. The lowest BCUT2D eigenvalue weighted by Crippen LogP contribution is -2.12. The first-order valence-electron chi connectivity index (χ1n) is 4.99. The second kappa shape index (κ2) is 3.50. The predicted molar refractivity (Wildman–Crippen MR) is 58.0 cm³/mol. The molecule has 2 rings (SSSR count). The topological polar surface area (TPSA) is 46.2 Å². The quantitative estimate of drug-likeness (QED) is 0.746. The van der Waals surface area contributed by atoms with Gasteiger partial charge in [0.1, 0.15) is 6.29 Å². The van der Waals surface area contributed by atoms with Crippen molar-refractivity contribution >= 4 is 17.9 Å². The van der Waals surface area contributed by atoms with Gasteiger partial charge in [0, 0.05) is 12.1 Å². The molecule has 1 unspecified atom stereocenters. The summed E-state index contributed by atoms with van der Waals surface area (Å²) in [6, 6.07) is 3.98. The summed E-state index contributed by atoms with van der Waals surface area (Å²) in [4.78, 5) is 22.2. The van der Waals surface area contributed by atoms with Gasteiger partial charge >= 0.3 is 0 Å². The first-order chi connectivity index (χ1) is 7.15. The summed E-state index contributed by atoms with van der Waals surface area (Å²) in [6.45, 7) is 3.93. The Labute approximate surface area is 88.5 Å². The Morgan fingerprint density at radius 3 is 2.67 bits per heavy atom. The van der Waals surface area contributed by atoms with Gasteiger partial charge in [-0.25, -0.2) is 0 Å². The van der Waals surface area contributed by atoms with E-state index in [1.54, 1.807) is 0 Å². The summed E-state index contributed by atoms with van der Waals surface area (Å²) in [6.07, 6.45) is 1.07. The fourth-order valence-corrected chi connectivity index (χ4v) is 2.11. The van der Waals surface area contributed by atoms with Crippen LogP contribution in [0, 0.1) is 13.8 Å². The van der Waals surface area contributed by atoms with Crippen LogP contribution < -0.4 is 5.32 Å². The average molecular weight is 203 g/mol. The number of amides is 1. The molecule has 1 aromatic rings. The Morgan fingerprint density at radius 2 is 2.00 bits per heavy atom. The van der Waals surface area contributed by atoms with E-state index in [-0.39, 0.29) is 18.2 Å². The normalized spacial score (nSPS) is 18.5. The van der Waals surface area contributed by atoms with E-state index < -0.39 is 0 Å². The molecule has 15 heavy (non-hydrogen) atoms. The van der Waals surface area contributed by atoms with Crippen molar-refractivity contribution in [1.29, 1.82) is 0 Å². The van der Waals surface area contributed by atoms with Gasteiger partial charge in [-0.05, 0) is 30.5 Å². The van der Waals surface area contributed by atoms with Crippen molar-refractivity contribution in [3.63, 3.8) is 0 Å². The fourth-order valence-electron chi connectivity index (χ4n) is 2.11. The fraction of sp³-hybridized carbons (Fsp3) is 0.333. The van der Waals surface area contributed by atoms with Gasteiger partial charge in [0.15, 0.2) is 0 Å². The zero-order chi connectivity index (χ0) is 11.0. The molecule has 0 saturated carbocycles. The van der Waals surface area contributed by atoms with Crippen molar-refractivity contribution in [2.75, 3.05) is 5.32 Å². The SMILES string of the molecule is Cc1ccc(C)c2c1NC(=O)C2CC=O. The van der Waals surface area contributed by atoms with E-state index in [4.69, 9.17) is 0 Å². The molecule has 1 heterocycles. The van der Waals surface area contributed by atoms with Crippen LogP contribution in [0.15, 0.2) is 12.1 Å². The summed E-state index contributed by atoms with van der Waals surface area (Å²) < 4.78 is 0. The van der Waals surface area contributed by atoms with Crippen molar-refractivity contribution < 1.29 is 9.59 Å². The minimum absolute atomic E-state index is 0.0606. The standard InChI is InChI=1S/C12H13NO2/c1-7-3-4-8(2)11-10(7)9(5-6-14)12(15)13-11/h3-4,6,9H,5H2,1-2H3,(H,13,15). The van der Waals surface area contributed by atoms with Crippen LogP contribution in [0.3, 0.4) is 0 Å². The Kier molecular flexibility index (Phi) is 2.31. The van der Waals surface area contributed by atoms with Crippen LogP contribution in [0.4, 0.5) is 5.69 Å². The van der Waals surface area contributed by atoms with E-state index in [2.05, 4.69) is 5.32 Å². The van der Waals surface area contributed by atoms with Gasteiger partial charge in [-0.15, -0.1) is 0 Å². The molecule has 0 fully saturated rings. The zero-order valence-electron chi connectivity index (χ0n) is 8.83. The van der Waals surface area contributed by atoms with Crippen LogP contribution in [-0.2, 0) is 9.59 Å². The number of hydrogen-bond acceptors (Lipinski definition) is 2. The molecule has 0 radical (unpaired) electrons. The maximum absolute atomic E-state index is 11.7. The lowest BCUT2D eigenvalue weighted by atomic mass is 9.92. The van der Waals surface area contributed by atoms with E-state index in [1.165, 1.54) is 0 Å². The highest BCUT2D eigenvalue weighted by Gasteiger charge is 2.32. The summed E-state index contributed by atoms with van der Waals surface area (Å²) in [5.41, 5.74) is 4.01. The molecule has 0 saturated heterocycles. The largest absolute Gasteiger partial charge is 0.325 e. The average Bonchev–Trinajstić information content (AvgIpc) is 2.53. The van der Waals surface area contributed by atoms with E-state index >= 15 is 0 Å². The molecule has 0 spiro atoms. The van der Waals surface area contributed by atoms with Gasteiger partial charge < -0.3 is 10.1 Å². The predicted octanol–water partition coefficient (Wildman–Crippen LogP) is 1.93. The summed E-state index contributed by atoms with van der Waals surface area (Å²) in [5.74, 6) is -0.355. The van der Waals surface area contributed by atoms with Crippen molar-refractivity contribution in [3.8, 4) is 0 Å². The third-order valence-electron chi connectivity index (χ3n) is 2.92. The molecule has 1 aliphatic rings. The van der Waals surface area contributed by atoms with E-state index in [9.17, 15) is 9.59 Å². The Balaban J connectivity index is 2.56. The van der Waals surface area contributed by atoms with Crippen LogP contribution in [0.25, 0.3) is 0 Å². The number of aldehydes is 1. The number of hydrogen-bond donors (Lipinski definition) is 1. The van der Waals surface area contributed by atoms with Gasteiger partial charge in [-0.2, -0.15) is 0 Å². The van der Waals surface area contributed by atoms with Crippen LogP contribution >= 0.6 is 0 Å². The van der Waals surface area contributed by atoms with Gasteiger partial charge in [-0.3, -0.25) is 4.79 Å². The highest BCUT2D eigenvalue weighted by atomic mass is 16.2. The molecule has 1 aromatic carbocycles. The molecule has 0 aromatic heterocycles. The van der Waals surface area contributed by atoms with Gasteiger partial charge in [-0.1, -0.05) is 12.1 Å². The van der Waals surface area contributed by atoms with Crippen molar-refractivity contribution in [2.45, 2.75) is 26.2 Å². The van der Waals surface area contributed by atoms with Crippen LogP contribution in [0.2, 0.25) is 0 Å². The zero-order valence-corrected chi connectivity index (χ0v) is 8.83. The number of aryl methyl sites for hydroxylation is 2. The maximum atomic E-state index is 11.7. The molecule has 1 aliphatic heterocycles. The van der Waals surface area contributed by atoms with E-state index in [1.807, 2.05) is 26.0 Å². The van der Waals surface area contributed by atoms with Crippen molar-refractivity contribution in [3.05, 3.63) is 28.8 Å². The second-order valence-electron chi connectivity index (χ2n) is 3.93. The van der Waals surface area contributed by atoms with Crippen molar-refractivity contribution in [2.24, 2.45) is 0 Å². The van der Waals surface area contributed by atoms with Crippen molar-refractivity contribution in [1.82, 2.24) is 0 Å². The Bertz CT molecular complexity index is 437. The molecule has 0 aliphatic carbocycles. The van der Waals surface area contributed by atoms with Crippen LogP contribution in [0.1, 0.15) is 29.0 Å². The monoisotopic (exact) mass is 203 g/mol.